The van der Waals surface area contributed by atoms with Gasteiger partial charge in [-0.3, -0.25) is 4.79 Å². The first-order valence-corrected chi connectivity index (χ1v) is 8.64. The van der Waals surface area contributed by atoms with Gasteiger partial charge in [-0.25, -0.2) is 0 Å². The van der Waals surface area contributed by atoms with Crippen molar-refractivity contribution in [2.75, 3.05) is 5.32 Å². The molecule has 0 spiro atoms. The third-order valence-electron chi connectivity index (χ3n) is 4.84. The van der Waals surface area contributed by atoms with Crippen LogP contribution in [0.4, 0.5) is 5.69 Å². The number of aromatic nitrogens is 1. The van der Waals surface area contributed by atoms with Gasteiger partial charge in [0.2, 0.25) is 0 Å². The average molecular weight is 339 g/mol. The van der Waals surface area contributed by atoms with Gasteiger partial charge < -0.3 is 15.6 Å². The van der Waals surface area contributed by atoms with Crippen molar-refractivity contribution in [1.82, 2.24) is 10.3 Å². The number of amides is 1. The second kappa shape index (κ2) is 5.77. The van der Waals surface area contributed by atoms with Crippen molar-refractivity contribution >= 4 is 22.5 Å². The lowest BCUT2D eigenvalue weighted by Gasteiger charge is -2.28. The summed E-state index contributed by atoms with van der Waals surface area (Å²) in [6.07, 6.45) is -0.302. The van der Waals surface area contributed by atoms with Crippen molar-refractivity contribution in [2.45, 2.75) is 6.17 Å². The summed E-state index contributed by atoms with van der Waals surface area (Å²) in [5.41, 5.74) is 5.74. The van der Waals surface area contributed by atoms with E-state index in [2.05, 4.69) is 39.9 Å². The van der Waals surface area contributed by atoms with E-state index >= 15 is 0 Å². The van der Waals surface area contributed by atoms with Gasteiger partial charge in [-0.1, -0.05) is 60.7 Å². The fourth-order valence-corrected chi connectivity index (χ4v) is 3.65. The minimum absolute atomic E-state index is 0.0614. The van der Waals surface area contributed by atoms with Crippen LogP contribution < -0.4 is 10.6 Å². The Hall–Kier alpha value is -3.53. The van der Waals surface area contributed by atoms with Gasteiger partial charge >= 0.3 is 0 Å². The molecule has 3 aromatic carbocycles. The third-order valence-corrected chi connectivity index (χ3v) is 4.84. The summed E-state index contributed by atoms with van der Waals surface area (Å²) in [6.45, 7) is 0. The number of anilines is 1. The Balaban J connectivity index is 1.71. The highest BCUT2D eigenvalue weighted by molar-refractivity contribution is 6.03. The standard InChI is InChI=1S/C22H17N3O/c26-22-16-11-5-7-13-18(16)24-21(25-22)19-15-10-4-6-12-17(15)23-20(19)14-8-2-1-3-9-14/h1-13,21,23-24H,(H,25,26). The van der Waals surface area contributed by atoms with Crippen molar-refractivity contribution < 1.29 is 4.79 Å². The van der Waals surface area contributed by atoms with Crippen LogP contribution in [0.5, 0.6) is 0 Å². The molecule has 0 saturated heterocycles. The first kappa shape index (κ1) is 14.8. The SMILES string of the molecule is O=C1NC(c2c(-c3ccccc3)[nH]c3ccccc23)Nc2ccccc21. The molecule has 1 unspecified atom stereocenters. The third kappa shape index (κ3) is 2.27. The Morgan fingerprint density at radius 2 is 1.46 bits per heavy atom. The van der Waals surface area contributed by atoms with Crippen LogP contribution in [0.2, 0.25) is 0 Å². The van der Waals surface area contributed by atoms with E-state index < -0.39 is 0 Å². The molecule has 1 aliphatic heterocycles. The maximum Gasteiger partial charge on any atom is 0.255 e. The van der Waals surface area contributed by atoms with E-state index in [-0.39, 0.29) is 12.1 Å². The number of nitrogens with one attached hydrogen (secondary N) is 3. The van der Waals surface area contributed by atoms with Crippen LogP contribution in [-0.2, 0) is 0 Å². The minimum atomic E-state index is -0.302. The van der Waals surface area contributed by atoms with E-state index in [4.69, 9.17) is 0 Å². The second-order valence-corrected chi connectivity index (χ2v) is 6.42. The Kier molecular flexibility index (Phi) is 3.28. The molecule has 0 bridgehead atoms. The fourth-order valence-electron chi connectivity index (χ4n) is 3.65. The number of carbonyl (C=O) groups is 1. The molecule has 1 amide bonds. The molecule has 5 rings (SSSR count). The largest absolute Gasteiger partial charge is 0.361 e. The Bertz CT molecular complexity index is 1110. The maximum atomic E-state index is 12.6. The van der Waals surface area contributed by atoms with E-state index in [0.29, 0.717) is 5.56 Å². The number of H-pyrrole nitrogens is 1. The van der Waals surface area contributed by atoms with E-state index in [1.165, 1.54) is 0 Å². The van der Waals surface area contributed by atoms with Crippen molar-refractivity contribution in [3.63, 3.8) is 0 Å². The Morgan fingerprint density at radius 3 is 2.35 bits per heavy atom. The number of carbonyl (C=O) groups excluding carboxylic acids is 1. The van der Waals surface area contributed by atoms with Crippen molar-refractivity contribution in [3.8, 4) is 11.3 Å². The Morgan fingerprint density at radius 1 is 0.731 bits per heavy atom. The molecular formula is C22H17N3O. The van der Waals surface area contributed by atoms with Gasteiger partial charge in [0.05, 0.1) is 11.3 Å². The van der Waals surface area contributed by atoms with Crippen LogP contribution in [0, 0.1) is 0 Å². The number of aromatic amines is 1. The lowest BCUT2D eigenvalue weighted by atomic mass is 10.00. The van der Waals surface area contributed by atoms with Crippen molar-refractivity contribution in [3.05, 3.63) is 90.0 Å². The van der Waals surface area contributed by atoms with Crippen LogP contribution in [0.1, 0.15) is 22.1 Å². The fraction of sp³-hybridized carbons (Fsp3) is 0.0455. The molecule has 4 heteroatoms. The second-order valence-electron chi connectivity index (χ2n) is 6.42. The lowest BCUT2D eigenvalue weighted by Crippen LogP contribution is -2.38. The molecule has 0 fully saturated rings. The quantitative estimate of drug-likeness (QED) is 0.496. The smallest absolute Gasteiger partial charge is 0.255 e. The maximum absolute atomic E-state index is 12.6. The van der Waals surface area contributed by atoms with E-state index in [0.717, 1.165) is 33.4 Å². The zero-order chi connectivity index (χ0) is 17.5. The predicted octanol–water partition coefficient (Wildman–Crippen LogP) is 4.69. The summed E-state index contributed by atoms with van der Waals surface area (Å²) in [5.74, 6) is -0.0614. The molecule has 1 atom stereocenters. The number of hydrogen-bond acceptors (Lipinski definition) is 2. The molecule has 0 radical (unpaired) electrons. The normalized spacial score (nSPS) is 16.0. The molecule has 2 heterocycles. The van der Waals surface area contributed by atoms with Crippen LogP contribution >= 0.6 is 0 Å². The highest BCUT2D eigenvalue weighted by Crippen LogP contribution is 2.37. The van der Waals surface area contributed by atoms with Crippen molar-refractivity contribution in [2.24, 2.45) is 0 Å². The summed E-state index contributed by atoms with van der Waals surface area (Å²) in [5, 5.41) is 7.69. The highest BCUT2D eigenvalue weighted by Gasteiger charge is 2.28. The van der Waals surface area contributed by atoms with Gasteiger partial charge in [-0.15, -0.1) is 0 Å². The summed E-state index contributed by atoms with van der Waals surface area (Å²) in [7, 11) is 0. The molecule has 126 valence electrons. The lowest BCUT2D eigenvalue weighted by molar-refractivity contribution is 0.0936. The molecule has 1 aromatic heterocycles. The summed E-state index contributed by atoms with van der Waals surface area (Å²) in [6, 6.07) is 26.0. The van der Waals surface area contributed by atoms with Gasteiger partial charge in [0, 0.05) is 22.2 Å². The van der Waals surface area contributed by atoms with Gasteiger partial charge in [0.1, 0.15) is 6.17 Å². The summed E-state index contributed by atoms with van der Waals surface area (Å²) < 4.78 is 0. The molecule has 3 N–H and O–H groups in total. The number of rotatable bonds is 2. The summed E-state index contributed by atoms with van der Waals surface area (Å²) in [4.78, 5) is 16.1. The first-order valence-electron chi connectivity index (χ1n) is 8.64. The minimum Gasteiger partial charge on any atom is -0.361 e. The number of fused-ring (bicyclic) bond motifs is 2. The highest BCUT2D eigenvalue weighted by atomic mass is 16.2. The number of para-hydroxylation sites is 2. The van der Waals surface area contributed by atoms with Gasteiger partial charge in [-0.05, 0) is 23.8 Å². The van der Waals surface area contributed by atoms with Gasteiger partial charge in [0.25, 0.3) is 5.91 Å². The zero-order valence-electron chi connectivity index (χ0n) is 14.0. The molecule has 26 heavy (non-hydrogen) atoms. The predicted molar refractivity (Wildman–Crippen MR) is 104 cm³/mol. The summed E-state index contributed by atoms with van der Waals surface area (Å²) >= 11 is 0. The number of benzene rings is 3. The molecular weight excluding hydrogens is 322 g/mol. The molecule has 4 aromatic rings. The molecule has 0 aliphatic carbocycles. The number of hydrogen-bond donors (Lipinski definition) is 3. The van der Waals surface area contributed by atoms with Crippen LogP contribution in [0.15, 0.2) is 78.9 Å². The van der Waals surface area contributed by atoms with E-state index in [9.17, 15) is 4.79 Å². The average Bonchev–Trinajstić information content (AvgIpc) is 3.08. The van der Waals surface area contributed by atoms with Crippen LogP contribution in [0.3, 0.4) is 0 Å². The van der Waals surface area contributed by atoms with Crippen LogP contribution in [0.25, 0.3) is 22.2 Å². The van der Waals surface area contributed by atoms with Gasteiger partial charge in [0.15, 0.2) is 0 Å². The first-order chi connectivity index (χ1) is 12.8. The topological polar surface area (TPSA) is 56.9 Å². The van der Waals surface area contributed by atoms with Crippen LogP contribution in [-0.4, -0.2) is 10.9 Å². The monoisotopic (exact) mass is 339 g/mol. The van der Waals surface area contributed by atoms with Crippen molar-refractivity contribution in [1.29, 1.82) is 0 Å². The molecule has 1 aliphatic rings. The molecule has 0 saturated carbocycles. The Labute approximate surface area is 150 Å². The van der Waals surface area contributed by atoms with E-state index in [1.54, 1.807) is 0 Å². The van der Waals surface area contributed by atoms with Gasteiger partial charge in [-0.2, -0.15) is 0 Å². The zero-order valence-corrected chi connectivity index (χ0v) is 14.0. The molecule has 4 nitrogen and oxygen atoms in total. The van der Waals surface area contributed by atoms with E-state index in [1.807, 2.05) is 54.6 Å².